The SMILES string of the molecule is O=C(Oc1ccccc1)c1ccco1. The van der Waals surface area contributed by atoms with Crippen LogP contribution in [0.1, 0.15) is 10.6 Å². The van der Waals surface area contributed by atoms with Crippen molar-refractivity contribution in [2.45, 2.75) is 0 Å². The maximum absolute atomic E-state index is 11.4. The fourth-order valence-corrected chi connectivity index (χ4v) is 1.04. The number of esters is 1. The number of benzene rings is 1. The van der Waals surface area contributed by atoms with E-state index in [1.807, 2.05) is 6.07 Å². The number of carbonyl (C=O) groups excluding carboxylic acids is 1. The van der Waals surface area contributed by atoms with Crippen LogP contribution in [0.5, 0.6) is 5.75 Å². The third-order valence-corrected chi connectivity index (χ3v) is 1.68. The topological polar surface area (TPSA) is 39.4 Å². The minimum atomic E-state index is -0.485. The molecule has 1 heterocycles. The molecule has 3 nitrogen and oxygen atoms in total. The highest BCUT2D eigenvalue weighted by molar-refractivity contribution is 5.87. The van der Waals surface area contributed by atoms with Crippen molar-refractivity contribution in [3.05, 3.63) is 54.5 Å². The van der Waals surface area contributed by atoms with Crippen LogP contribution in [0, 0.1) is 0 Å². The monoisotopic (exact) mass is 188 g/mol. The van der Waals surface area contributed by atoms with Gasteiger partial charge in [-0.05, 0) is 24.3 Å². The standard InChI is InChI=1S/C11H8O3/c12-11(10-7-4-8-13-10)14-9-5-2-1-3-6-9/h1-8H. The van der Waals surface area contributed by atoms with Crippen molar-refractivity contribution in [3.8, 4) is 5.75 Å². The van der Waals surface area contributed by atoms with Crippen LogP contribution >= 0.6 is 0 Å². The van der Waals surface area contributed by atoms with Crippen molar-refractivity contribution in [2.75, 3.05) is 0 Å². The smallest absolute Gasteiger partial charge is 0.379 e. The van der Waals surface area contributed by atoms with E-state index in [-0.39, 0.29) is 5.76 Å². The molecule has 0 saturated carbocycles. The van der Waals surface area contributed by atoms with Gasteiger partial charge in [0.05, 0.1) is 6.26 Å². The Morgan fingerprint density at radius 3 is 2.50 bits per heavy atom. The molecule has 0 atom stereocenters. The second-order valence-electron chi connectivity index (χ2n) is 2.68. The summed E-state index contributed by atoms with van der Waals surface area (Å²) < 4.78 is 9.92. The Balaban J connectivity index is 2.10. The summed E-state index contributed by atoms with van der Waals surface area (Å²) in [5.74, 6) is 0.226. The van der Waals surface area contributed by atoms with E-state index in [4.69, 9.17) is 9.15 Å². The van der Waals surface area contributed by atoms with Gasteiger partial charge in [-0.25, -0.2) is 4.79 Å². The minimum absolute atomic E-state index is 0.203. The number of para-hydroxylation sites is 1. The summed E-state index contributed by atoms with van der Waals surface area (Å²) in [6, 6.07) is 12.1. The second-order valence-corrected chi connectivity index (χ2v) is 2.68. The van der Waals surface area contributed by atoms with E-state index in [1.54, 1.807) is 36.4 Å². The molecule has 1 aromatic carbocycles. The zero-order chi connectivity index (χ0) is 9.80. The lowest BCUT2D eigenvalue weighted by Gasteiger charge is -2.00. The molecular weight excluding hydrogens is 180 g/mol. The van der Waals surface area contributed by atoms with Gasteiger partial charge in [-0.1, -0.05) is 18.2 Å². The first-order chi connectivity index (χ1) is 6.86. The summed E-state index contributed by atoms with van der Waals surface area (Å²) in [7, 11) is 0. The Bertz CT molecular complexity index is 403. The van der Waals surface area contributed by atoms with Gasteiger partial charge < -0.3 is 9.15 Å². The Morgan fingerprint density at radius 2 is 1.86 bits per heavy atom. The van der Waals surface area contributed by atoms with Gasteiger partial charge in [0, 0.05) is 0 Å². The fraction of sp³-hybridized carbons (Fsp3) is 0. The van der Waals surface area contributed by atoms with Crippen molar-refractivity contribution < 1.29 is 13.9 Å². The summed E-state index contributed by atoms with van der Waals surface area (Å²) in [6.45, 7) is 0. The Hall–Kier alpha value is -2.03. The molecule has 2 aromatic rings. The first-order valence-corrected chi connectivity index (χ1v) is 4.17. The Morgan fingerprint density at radius 1 is 1.07 bits per heavy atom. The van der Waals surface area contributed by atoms with Gasteiger partial charge in [-0.15, -0.1) is 0 Å². The van der Waals surface area contributed by atoms with Gasteiger partial charge in [0.2, 0.25) is 5.76 Å². The van der Waals surface area contributed by atoms with E-state index in [2.05, 4.69) is 0 Å². The van der Waals surface area contributed by atoms with Crippen LogP contribution in [0.4, 0.5) is 0 Å². The summed E-state index contributed by atoms with van der Waals surface area (Å²) >= 11 is 0. The van der Waals surface area contributed by atoms with Crippen LogP contribution < -0.4 is 4.74 Å². The van der Waals surface area contributed by atoms with E-state index in [1.165, 1.54) is 6.26 Å². The molecule has 1 aromatic heterocycles. The number of ether oxygens (including phenoxy) is 1. The second kappa shape index (κ2) is 3.79. The molecule has 0 spiro atoms. The predicted molar refractivity (Wildman–Crippen MR) is 50.1 cm³/mol. The molecule has 0 amide bonds. The minimum Gasteiger partial charge on any atom is -0.457 e. The molecule has 0 radical (unpaired) electrons. The number of furan rings is 1. The van der Waals surface area contributed by atoms with Gasteiger partial charge >= 0.3 is 5.97 Å². The maximum atomic E-state index is 11.4. The molecule has 0 aliphatic carbocycles. The highest BCUT2D eigenvalue weighted by Gasteiger charge is 2.10. The maximum Gasteiger partial charge on any atom is 0.379 e. The molecular formula is C11H8O3. The van der Waals surface area contributed by atoms with Crippen LogP contribution in [0.15, 0.2) is 53.1 Å². The van der Waals surface area contributed by atoms with Crippen LogP contribution in [0.25, 0.3) is 0 Å². The third-order valence-electron chi connectivity index (χ3n) is 1.68. The molecule has 2 rings (SSSR count). The van der Waals surface area contributed by atoms with Gasteiger partial charge in [0.25, 0.3) is 0 Å². The number of hydrogen-bond acceptors (Lipinski definition) is 3. The van der Waals surface area contributed by atoms with E-state index in [9.17, 15) is 4.79 Å². The lowest BCUT2D eigenvalue weighted by molar-refractivity contribution is 0.0701. The lowest BCUT2D eigenvalue weighted by Crippen LogP contribution is -2.06. The Kier molecular flexibility index (Phi) is 2.32. The highest BCUT2D eigenvalue weighted by Crippen LogP contribution is 2.11. The average Bonchev–Trinajstić information content (AvgIpc) is 2.72. The van der Waals surface area contributed by atoms with Crippen LogP contribution in [0.3, 0.4) is 0 Å². The van der Waals surface area contributed by atoms with Crippen LogP contribution in [0.2, 0.25) is 0 Å². The van der Waals surface area contributed by atoms with Crippen molar-refractivity contribution in [1.82, 2.24) is 0 Å². The molecule has 0 saturated heterocycles. The summed E-state index contributed by atoms with van der Waals surface area (Å²) in [4.78, 5) is 11.4. The summed E-state index contributed by atoms with van der Waals surface area (Å²) in [5, 5.41) is 0. The molecule has 70 valence electrons. The highest BCUT2D eigenvalue weighted by atomic mass is 16.5. The van der Waals surface area contributed by atoms with E-state index in [0.29, 0.717) is 5.75 Å². The van der Waals surface area contributed by atoms with E-state index in [0.717, 1.165) is 0 Å². The van der Waals surface area contributed by atoms with Gasteiger partial charge in [-0.3, -0.25) is 0 Å². The van der Waals surface area contributed by atoms with Gasteiger partial charge in [-0.2, -0.15) is 0 Å². The zero-order valence-corrected chi connectivity index (χ0v) is 7.34. The number of rotatable bonds is 2. The van der Waals surface area contributed by atoms with Crippen molar-refractivity contribution >= 4 is 5.97 Å². The zero-order valence-electron chi connectivity index (χ0n) is 7.34. The average molecular weight is 188 g/mol. The molecule has 0 fully saturated rings. The molecule has 3 heteroatoms. The van der Waals surface area contributed by atoms with Crippen LogP contribution in [-0.2, 0) is 0 Å². The quantitative estimate of drug-likeness (QED) is 0.537. The fourth-order valence-electron chi connectivity index (χ4n) is 1.04. The lowest BCUT2D eigenvalue weighted by atomic mass is 10.3. The molecule has 14 heavy (non-hydrogen) atoms. The van der Waals surface area contributed by atoms with E-state index >= 15 is 0 Å². The van der Waals surface area contributed by atoms with E-state index < -0.39 is 5.97 Å². The molecule has 0 bridgehead atoms. The molecule has 0 unspecified atom stereocenters. The predicted octanol–water partition coefficient (Wildman–Crippen LogP) is 2.50. The normalized spacial score (nSPS) is 9.71. The van der Waals surface area contributed by atoms with Crippen LogP contribution in [-0.4, -0.2) is 5.97 Å². The summed E-state index contributed by atoms with van der Waals surface area (Å²) in [6.07, 6.45) is 1.43. The van der Waals surface area contributed by atoms with Gasteiger partial charge in [0.15, 0.2) is 0 Å². The van der Waals surface area contributed by atoms with Crippen molar-refractivity contribution in [3.63, 3.8) is 0 Å². The third kappa shape index (κ3) is 1.82. The first-order valence-electron chi connectivity index (χ1n) is 4.17. The summed E-state index contributed by atoms with van der Waals surface area (Å²) in [5.41, 5.74) is 0. The number of hydrogen-bond donors (Lipinski definition) is 0. The van der Waals surface area contributed by atoms with Crippen molar-refractivity contribution in [2.24, 2.45) is 0 Å². The van der Waals surface area contributed by atoms with Crippen molar-refractivity contribution in [1.29, 1.82) is 0 Å². The Labute approximate surface area is 80.9 Å². The largest absolute Gasteiger partial charge is 0.457 e. The first kappa shape index (κ1) is 8.56. The molecule has 0 aliphatic rings. The molecule has 0 aliphatic heterocycles. The molecule has 0 N–H and O–H groups in total. The van der Waals surface area contributed by atoms with Gasteiger partial charge in [0.1, 0.15) is 5.75 Å². The number of carbonyl (C=O) groups is 1.